The highest BCUT2D eigenvalue weighted by Crippen LogP contribution is 2.52. The molecule has 2 heteroatoms. The van der Waals surface area contributed by atoms with Crippen molar-refractivity contribution in [1.29, 1.82) is 0 Å². The third-order valence-electron chi connectivity index (χ3n) is 10.9. The van der Waals surface area contributed by atoms with Gasteiger partial charge in [-0.15, -0.1) is 0 Å². The average molecular weight is 680 g/mol. The highest BCUT2D eigenvalue weighted by Gasteiger charge is 2.31. The van der Waals surface area contributed by atoms with Gasteiger partial charge in [-0.25, -0.2) is 0 Å². The molecule has 1 aromatic heterocycles. The van der Waals surface area contributed by atoms with Crippen LogP contribution in [0.15, 0.2) is 199 Å². The summed E-state index contributed by atoms with van der Waals surface area (Å²) in [7, 11) is 0. The molecule has 0 aliphatic heterocycles. The van der Waals surface area contributed by atoms with Gasteiger partial charge in [0, 0.05) is 39.3 Å². The molecule has 0 saturated carbocycles. The van der Waals surface area contributed by atoms with Gasteiger partial charge in [-0.2, -0.15) is 0 Å². The van der Waals surface area contributed by atoms with Crippen molar-refractivity contribution in [2.24, 2.45) is 0 Å². The fraction of sp³-hybridized carbons (Fsp3) is 0.0588. The molecule has 0 spiro atoms. The predicted molar refractivity (Wildman–Crippen MR) is 221 cm³/mol. The van der Waals surface area contributed by atoms with Gasteiger partial charge in [-0.1, -0.05) is 146 Å². The zero-order valence-corrected chi connectivity index (χ0v) is 29.3. The molecule has 9 aromatic rings. The molecule has 252 valence electrons. The largest absolute Gasteiger partial charge is 0.456 e. The van der Waals surface area contributed by atoms with E-state index in [2.05, 4.69) is 199 Å². The molecule has 0 N–H and O–H groups in total. The van der Waals surface area contributed by atoms with Crippen molar-refractivity contribution < 1.29 is 4.42 Å². The van der Waals surface area contributed by atoms with Crippen LogP contribution in [0.1, 0.15) is 29.0 Å². The zero-order chi connectivity index (χ0) is 35.1. The molecule has 2 nitrogen and oxygen atoms in total. The number of anilines is 3. The molecule has 0 amide bonds. The second kappa shape index (κ2) is 13.2. The van der Waals surface area contributed by atoms with E-state index in [1.54, 1.807) is 0 Å². The van der Waals surface area contributed by atoms with Crippen LogP contribution in [0, 0.1) is 0 Å². The summed E-state index contributed by atoms with van der Waals surface area (Å²) in [4.78, 5) is 2.33. The van der Waals surface area contributed by atoms with Crippen LogP contribution in [0.4, 0.5) is 17.1 Å². The minimum absolute atomic E-state index is 0.198. The van der Waals surface area contributed by atoms with Gasteiger partial charge in [0.05, 0.1) is 0 Å². The molecular formula is C51H37NO. The molecule has 0 radical (unpaired) electrons. The topological polar surface area (TPSA) is 16.4 Å². The molecule has 1 aliphatic carbocycles. The molecule has 53 heavy (non-hydrogen) atoms. The monoisotopic (exact) mass is 679 g/mol. The predicted octanol–water partition coefficient (Wildman–Crippen LogP) is 14.1. The van der Waals surface area contributed by atoms with E-state index < -0.39 is 0 Å². The number of hydrogen-bond acceptors (Lipinski definition) is 2. The zero-order valence-electron chi connectivity index (χ0n) is 29.3. The highest BCUT2D eigenvalue weighted by molar-refractivity contribution is 6.17. The summed E-state index contributed by atoms with van der Waals surface area (Å²) >= 11 is 0. The Balaban J connectivity index is 1.20. The maximum absolute atomic E-state index is 6.64. The number of furan rings is 1. The Bertz CT molecular complexity index is 2660. The number of nitrogens with zero attached hydrogens (tertiary/aromatic N) is 1. The SMILES string of the molecule is c1ccc(-c2cccc3c2-c2c(cc4oc5ccccc5c4c2-c2ccccc2)CCC3c2ccc(N(c3ccccc3)c3ccccc3)cc2)cc1. The lowest BCUT2D eigenvalue weighted by molar-refractivity contribution is 0.667. The normalized spacial score (nSPS) is 13.7. The first-order valence-corrected chi connectivity index (χ1v) is 18.5. The summed E-state index contributed by atoms with van der Waals surface area (Å²) in [5, 5.41) is 2.34. The van der Waals surface area contributed by atoms with Crippen LogP contribution in [0.3, 0.4) is 0 Å². The molecule has 8 aromatic carbocycles. The van der Waals surface area contributed by atoms with Gasteiger partial charge < -0.3 is 9.32 Å². The smallest absolute Gasteiger partial charge is 0.136 e. The molecule has 0 saturated heterocycles. The van der Waals surface area contributed by atoms with Gasteiger partial charge in [0.2, 0.25) is 0 Å². The minimum Gasteiger partial charge on any atom is -0.456 e. The lowest BCUT2D eigenvalue weighted by atomic mass is 9.80. The van der Waals surface area contributed by atoms with Crippen molar-refractivity contribution in [3.8, 4) is 33.4 Å². The fourth-order valence-corrected chi connectivity index (χ4v) is 8.57. The third kappa shape index (κ3) is 5.43. The molecule has 1 heterocycles. The molecular weight excluding hydrogens is 643 g/mol. The van der Waals surface area contributed by atoms with Gasteiger partial charge >= 0.3 is 0 Å². The first kappa shape index (κ1) is 31.1. The van der Waals surface area contributed by atoms with Gasteiger partial charge in [-0.3, -0.25) is 0 Å². The number of benzene rings is 8. The van der Waals surface area contributed by atoms with Crippen LogP contribution in [0.25, 0.3) is 55.3 Å². The summed E-state index contributed by atoms with van der Waals surface area (Å²) < 4.78 is 6.64. The Hall–Kier alpha value is -6.64. The van der Waals surface area contributed by atoms with Crippen molar-refractivity contribution >= 4 is 39.0 Å². The first-order valence-electron chi connectivity index (χ1n) is 18.5. The molecule has 0 fully saturated rings. The van der Waals surface area contributed by atoms with E-state index in [0.29, 0.717) is 0 Å². The van der Waals surface area contributed by atoms with Crippen LogP contribution in [-0.4, -0.2) is 0 Å². The van der Waals surface area contributed by atoms with E-state index in [9.17, 15) is 0 Å². The Morgan fingerprint density at radius 3 is 1.72 bits per heavy atom. The standard InChI is InChI=1S/C51H37NO/c1-5-16-35(17-6-1)43-25-15-26-44-42(36-28-31-41(32-29-36)52(39-20-9-3-10-21-39)40-22-11-4-12-23-40)33-30-38-34-47-51(45-24-13-14-27-46(45)53-47)48(49(38)50(43)44)37-18-7-2-8-19-37/h1-29,31-32,34,42H,30,33H2. The Morgan fingerprint density at radius 1 is 0.453 bits per heavy atom. The Labute approximate surface area is 310 Å². The van der Waals surface area contributed by atoms with Gasteiger partial charge in [0.25, 0.3) is 0 Å². The lowest BCUT2D eigenvalue weighted by Gasteiger charge is -2.26. The number of fused-ring (bicyclic) bond motifs is 6. The van der Waals surface area contributed by atoms with Crippen molar-refractivity contribution in [3.63, 3.8) is 0 Å². The van der Waals surface area contributed by atoms with Gasteiger partial charge in [0.1, 0.15) is 11.2 Å². The average Bonchev–Trinajstić information content (AvgIpc) is 3.51. The third-order valence-corrected chi connectivity index (χ3v) is 10.9. The van der Waals surface area contributed by atoms with Gasteiger partial charge in [0.15, 0.2) is 0 Å². The van der Waals surface area contributed by atoms with Crippen molar-refractivity contribution in [1.82, 2.24) is 0 Å². The van der Waals surface area contributed by atoms with Crippen LogP contribution in [0.2, 0.25) is 0 Å². The number of rotatable bonds is 6. The number of para-hydroxylation sites is 3. The molecule has 0 bridgehead atoms. The van der Waals surface area contributed by atoms with E-state index >= 15 is 0 Å². The molecule has 1 atom stereocenters. The lowest BCUT2D eigenvalue weighted by Crippen LogP contribution is -2.10. The van der Waals surface area contributed by atoms with E-state index in [-0.39, 0.29) is 5.92 Å². The summed E-state index contributed by atoms with van der Waals surface area (Å²) in [5.74, 6) is 0.198. The Kier molecular flexibility index (Phi) is 7.73. The maximum atomic E-state index is 6.64. The summed E-state index contributed by atoms with van der Waals surface area (Å²) in [6, 6.07) is 70.2. The molecule has 10 rings (SSSR count). The quantitative estimate of drug-likeness (QED) is 0.174. The first-order chi connectivity index (χ1) is 26.3. The molecule has 1 unspecified atom stereocenters. The Morgan fingerprint density at radius 2 is 1.04 bits per heavy atom. The van der Waals surface area contributed by atoms with Crippen LogP contribution < -0.4 is 4.90 Å². The van der Waals surface area contributed by atoms with Crippen LogP contribution >= 0.6 is 0 Å². The fourth-order valence-electron chi connectivity index (χ4n) is 8.57. The second-order valence-electron chi connectivity index (χ2n) is 13.9. The second-order valence-corrected chi connectivity index (χ2v) is 13.9. The van der Waals surface area contributed by atoms with E-state index in [1.807, 2.05) is 0 Å². The van der Waals surface area contributed by atoms with E-state index in [0.717, 1.165) is 46.5 Å². The maximum Gasteiger partial charge on any atom is 0.136 e. The van der Waals surface area contributed by atoms with Gasteiger partial charge in [-0.05, 0) is 106 Å². The molecule has 1 aliphatic rings. The number of hydrogen-bond donors (Lipinski definition) is 0. The highest BCUT2D eigenvalue weighted by atomic mass is 16.3. The van der Waals surface area contributed by atoms with Crippen LogP contribution in [-0.2, 0) is 6.42 Å². The number of aryl methyl sites for hydroxylation is 1. The van der Waals surface area contributed by atoms with Crippen molar-refractivity contribution in [2.75, 3.05) is 4.90 Å². The summed E-state index contributed by atoms with van der Waals surface area (Å²) in [6.07, 6.45) is 1.91. The van der Waals surface area contributed by atoms with Crippen molar-refractivity contribution in [2.45, 2.75) is 18.8 Å². The minimum atomic E-state index is 0.198. The summed E-state index contributed by atoms with van der Waals surface area (Å²) in [5.41, 5.74) is 16.9. The summed E-state index contributed by atoms with van der Waals surface area (Å²) in [6.45, 7) is 0. The van der Waals surface area contributed by atoms with E-state index in [4.69, 9.17) is 4.42 Å². The van der Waals surface area contributed by atoms with Crippen molar-refractivity contribution in [3.05, 3.63) is 211 Å². The van der Waals surface area contributed by atoms with E-state index in [1.165, 1.54) is 55.5 Å². The van der Waals surface area contributed by atoms with Crippen LogP contribution in [0.5, 0.6) is 0 Å².